The third-order valence-corrected chi connectivity index (χ3v) is 2.62. The Morgan fingerprint density at radius 3 is 2.74 bits per heavy atom. The maximum Gasteiger partial charge on any atom is 0.142 e. The summed E-state index contributed by atoms with van der Waals surface area (Å²) in [4.78, 5) is 9.06. The standard InChI is InChI=1S/C12H21N3O3.CH4/c1-15(17-3)8-11(16-2)9-18-12-7-14-5-4-10(12)6-13;/h4-5,7,11H,6,8-9,13H2,1-3H3;1H4/t11-;/m0./s1. The molecule has 110 valence electrons. The molecule has 0 aromatic carbocycles. The fourth-order valence-electron chi connectivity index (χ4n) is 1.45. The third-order valence-electron chi connectivity index (χ3n) is 2.62. The van der Waals surface area contributed by atoms with Crippen LogP contribution in [0.15, 0.2) is 18.5 Å². The second kappa shape index (κ2) is 9.69. The van der Waals surface area contributed by atoms with E-state index >= 15 is 0 Å². The number of aromatic nitrogens is 1. The minimum Gasteiger partial charge on any atom is -0.489 e. The predicted octanol–water partition coefficient (Wildman–Crippen LogP) is 1.06. The number of nitrogens with zero attached hydrogens (tertiary/aromatic N) is 2. The van der Waals surface area contributed by atoms with Crippen molar-refractivity contribution in [2.45, 2.75) is 20.1 Å². The lowest BCUT2D eigenvalue weighted by molar-refractivity contribution is -0.135. The molecule has 6 heteroatoms. The molecule has 1 aromatic heterocycles. The normalized spacial score (nSPS) is 12.1. The number of likely N-dealkylation sites (N-methyl/N-ethyl adjacent to an activating group) is 1. The molecule has 0 radical (unpaired) electrons. The second-order valence-corrected chi connectivity index (χ2v) is 3.85. The highest BCUT2D eigenvalue weighted by molar-refractivity contribution is 5.29. The number of methoxy groups -OCH3 is 1. The lowest BCUT2D eigenvalue weighted by Crippen LogP contribution is -2.34. The van der Waals surface area contributed by atoms with Crippen LogP contribution in [0, 0.1) is 0 Å². The fourth-order valence-corrected chi connectivity index (χ4v) is 1.45. The molecule has 0 amide bonds. The summed E-state index contributed by atoms with van der Waals surface area (Å²) in [5, 5.41) is 1.69. The number of rotatable bonds is 8. The smallest absolute Gasteiger partial charge is 0.142 e. The Bertz CT molecular complexity index is 350. The average molecular weight is 271 g/mol. The topological polar surface area (TPSA) is 69.8 Å². The number of pyridine rings is 1. The molecular weight excluding hydrogens is 246 g/mol. The van der Waals surface area contributed by atoms with Gasteiger partial charge < -0.3 is 20.0 Å². The first-order chi connectivity index (χ1) is 8.71. The van der Waals surface area contributed by atoms with Gasteiger partial charge in [0.2, 0.25) is 0 Å². The van der Waals surface area contributed by atoms with Crippen molar-refractivity contribution in [1.82, 2.24) is 10.0 Å². The molecule has 0 aliphatic heterocycles. The monoisotopic (exact) mass is 271 g/mol. The van der Waals surface area contributed by atoms with Crippen molar-refractivity contribution in [3.63, 3.8) is 0 Å². The fraction of sp³-hybridized carbons (Fsp3) is 0.615. The van der Waals surface area contributed by atoms with E-state index in [9.17, 15) is 0 Å². The summed E-state index contributed by atoms with van der Waals surface area (Å²) in [5.41, 5.74) is 6.56. The van der Waals surface area contributed by atoms with Crippen LogP contribution in [-0.4, -0.2) is 50.6 Å². The van der Waals surface area contributed by atoms with Crippen LogP contribution in [0.25, 0.3) is 0 Å². The molecule has 0 unspecified atom stereocenters. The van der Waals surface area contributed by atoms with E-state index < -0.39 is 0 Å². The molecule has 0 fully saturated rings. The molecule has 0 saturated carbocycles. The van der Waals surface area contributed by atoms with Gasteiger partial charge in [0.15, 0.2) is 0 Å². The van der Waals surface area contributed by atoms with Gasteiger partial charge in [-0.2, -0.15) is 5.06 Å². The third kappa shape index (κ3) is 5.98. The summed E-state index contributed by atoms with van der Waals surface area (Å²) >= 11 is 0. The van der Waals surface area contributed by atoms with E-state index in [0.29, 0.717) is 25.4 Å². The van der Waals surface area contributed by atoms with Gasteiger partial charge in [-0.15, -0.1) is 0 Å². The summed E-state index contributed by atoms with van der Waals surface area (Å²) in [7, 11) is 5.09. The summed E-state index contributed by atoms with van der Waals surface area (Å²) in [6.45, 7) is 1.46. The zero-order valence-electron chi connectivity index (χ0n) is 11.1. The zero-order chi connectivity index (χ0) is 13.4. The molecular formula is C13H25N3O3. The van der Waals surface area contributed by atoms with Crippen LogP contribution in [-0.2, 0) is 16.1 Å². The second-order valence-electron chi connectivity index (χ2n) is 3.85. The highest BCUT2D eigenvalue weighted by atomic mass is 16.7. The summed E-state index contributed by atoms with van der Waals surface area (Å²) in [6.07, 6.45) is 3.28. The summed E-state index contributed by atoms with van der Waals surface area (Å²) < 4.78 is 11.0. The number of hydrogen-bond acceptors (Lipinski definition) is 6. The summed E-state index contributed by atoms with van der Waals surface area (Å²) in [6, 6.07) is 1.85. The Morgan fingerprint density at radius 1 is 1.42 bits per heavy atom. The van der Waals surface area contributed by atoms with Gasteiger partial charge in [-0.1, -0.05) is 7.43 Å². The Balaban J connectivity index is 0.00000324. The average Bonchev–Trinajstić information content (AvgIpc) is 2.43. The zero-order valence-corrected chi connectivity index (χ0v) is 11.1. The van der Waals surface area contributed by atoms with Gasteiger partial charge in [0.05, 0.1) is 19.9 Å². The van der Waals surface area contributed by atoms with Gasteiger partial charge in [-0.3, -0.25) is 4.98 Å². The Morgan fingerprint density at radius 2 is 2.16 bits per heavy atom. The van der Waals surface area contributed by atoms with Crippen LogP contribution in [0.3, 0.4) is 0 Å². The molecule has 1 heterocycles. The van der Waals surface area contributed by atoms with Crippen molar-refractivity contribution in [2.75, 3.05) is 34.4 Å². The highest BCUT2D eigenvalue weighted by Crippen LogP contribution is 2.15. The molecule has 6 nitrogen and oxygen atoms in total. The lowest BCUT2D eigenvalue weighted by Gasteiger charge is -2.21. The van der Waals surface area contributed by atoms with Crippen LogP contribution in [0.4, 0.5) is 0 Å². The van der Waals surface area contributed by atoms with Crippen LogP contribution in [0.2, 0.25) is 0 Å². The summed E-state index contributed by atoms with van der Waals surface area (Å²) in [5.74, 6) is 0.696. The number of ether oxygens (including phenoxy) is 2. The quantitative estimate of drug-likeness (QED) is 0.713. The molecule has 1 rings (SSSR count). The number of nitrogens with two attached hydrogens (primary N) is 1. The van der Waals surface area contributed by atoms with Crippen molar-refractivity contribution in [3.05, 3.63) is 24.0 Å². The first kappa shape index (κ1) is 17.8. The minimum atomic E-state index is -0.0826. The van der Waals surface area contributed by atoms with Gasteiger partial charge in [0, 0.05) is 32.5 Å². The lowest BCUT2D eigenvalue weighted by atomic mass is 10.2. The maximum absolute atomic E-state index is 5.68. The number of hydroxylamine groups is 2. The SMILES string of the molecule is C.CO[C@H](COc1cnccc1CN)CN(C)OC. The molecule has 0 bridgehead atoms. The molecule has 2 N–H and O–H groups in total. The number of hydrogen-bond donors (Lipinski definition) is 1. The molecule has 19 heavy (non-hydrogen) atoms. The van der Waals surface area contributed by atoms with Gasteiger partial charge >= 0.3 is 0 Å². The van der Waals surface area contributed by atoms with E-state index in [2.05, 4.69) is 4.98 Å². The Kier molecular flexibility index (Phi) is 9.07. The Labute approximate surface area is 115 Å². The largest absolute Gasteiger partial charge is 0.489 e. The van der Waals surface area contributed by atoms with Crippen LogP contribution in [0.1, 0.15) is 13.0 Å². The predicted molar refractivity (Wildman–Crippen MR) is 74.8 cm³/mol. The molecule has 0 saturated heterocycles. The van der Waals surface area contributed by atoms with Crippen LogP contribution >= 0.6 is 0 Å². The van der Waals surface area contributed by atoms with Crippen molar-refractivity contribution in [3.8, 4) is 5.75 Å². The van der Waals surface area contributed by atoms with Crippen LogP contribution in [0.5, 0.6) is 5.75 Å². The molecule has 0 aliphatic rings. The van der Waals surface area contributed by atoms with Gasteiger partial charge in [0.1, 0.15) is 18.5 Å². The van der Waals surface area contributed by atoms with E-state index in [1.165, 1.54) is 0 Å². The highest BCUT2D eigenvalue weighted by Gasteiger charge is 2.12. The van der Waals surface area contributed by atoms with Gasteiger partial charge in [0.25, 0.3) is 0 Å². The van der Waals surface area contributed by atoms with Crippen molar-refractivity contribution < 1.29 is 14.3 Å². The molecule has 1 atom stereocenters. The van der Waals surface area contributed by atoms with E-state index in [-0.39, 0.29) is 13.5 Å². The van der Waals surface area contributed by atoms with Gasteiger partial charge in [-0.05, 0) is 6.07 Å². The van der Waals surface area contributed by atoms with E-state index in [1.54, 1.807) is 31.7 Å². The van der Waals surface area contributed by atoms with E-state index in [1.807, 2.05) is 13.1 Å². The van der Waals surface area contributed by atoms with Crippen molar-refractivity contribution >= 4 is 0 Å². The maximum atomic E-state index is 5.68. The van der Waals surface area contributed by atoms with Crippen LogP contribution < -0.4 is 10.5 Å². The molecule has 1 aromatic rings. The van der Waals surface area contributed by atoms with E-state index in [0.717, 1.165) is 5.56 Å². The van der Waals surface area contributed by atoms with E-state index in [4.69, 9.17) is 20.0 Å². The Hall–Kier alpha value is -1.21. The first-order valence-corrected chi connectivity index (χ1v) is 5.75. The first-order valence-electron chi connectivity index (χ1n) is 5.75. The molecule has 0 aliphatic carbocycles. The van der Waals surface area contributed by atoms with Gasteiger partial charge in [-0.25, -0.2) is 0 Å². The minimum absolute atomic E-state index is 0. The van der Waals surface area contributed by atoms with Crippen molar-refractivity contribution in [1.29, 1.82) is 0 Å². The molecule has 0 spiro atoms. The van der Waals surface area contributed by atoms with Crippen molar-refractivity contribution in [2.24, 2.45) is 5.73 Å².